The molecule has 0 spiro atoms. The maximum atomic E-state index is 12.9. The number of furan rings is 1. The topological polar surface area (TPSA) is 53.8 Å². The van der Waals surface area contributed by atoms with Crippen molar-refractivity contribution >= 4 is 34.0 Å². The van der Waals surface area contributed by atoms with Gasteiger partial charge in [-0.2, -0.15) is 0 Å². The number of rotatable bonds is 5. The summed E-state index contributed by atoms with van der Waals surface area (Å²) in [6.07, 6.45) is 0. The van der Waals surface area contributed by atoms with E-state index in [1.807, 2.05) is 4.90 Å². The molecule has 31 heavy (non-hydrogen) atoms. The minimum Gasteiger partial charge on any atom is -0.455 e. The molecule has 0 radical (unpaired) electrons. The molecule has 7 heteroatoms. The molecule has 0 bridgehead atoms. The Kier molecular flexibility index (Phi) is 6.49. The van der Waals surface area contributed by atoms with Crippen LogP contribution in [-0.2, 0) is 16.6 Å². The minimum atomic E-state index is -1.29. The van der Waals surface area contributed by atoms with Crippen LogP contribution in [-0.4, -0.2) is 41.2 Å². The fraction of sp³-hybridized carbons (Fsp3) is 0.292. The van der Waals surface area contributed by atoms with E-state index in [1.165, 1.54) is 16.8 Å². The summed E-state index contributed by atoms with van der Waals surface area (Å²) < 4.78 is 18.3. The van der Waals surface area contributed by atoms with Crippen molar-refractivity contribution in [1.82, 2.24) is 4.90 Å². The van der Waals surface area contributed by atoms with Crippen LogP contribution >= 0.6 is 11.6 Å². The van der Waals surface area contributed by atoms with E-state index in [9.17, 15) is 9.00 Å². The predicted octanol–water partition coefficient (Wildman–Crippen LogP) is 4.82. The lowest BCUT2D eigenvalue weighted by atomic mass is 10.1. The molecule has 1 aliphatic heterocycles. The standard InChI is InChI=1S/C24H25ClN2O3S/c1-17-5-3-8-22(18(17)2)26-11-13-27(14-12-26)24(28)23-10-9-20(30-23)16-31(29)21-7-4-6-19(25)15-21/h3-10,15H,11-14,16H2,1-2H3/t31-/m0/s1. The summed E-state index contributed by atoms with van der Waals surface area (Å²) in [6, 6.07) is 16.7. The number of hydrogen-bond acceptors (Lipinski definition) is 4. The average molecular weight is 457 g/mol. The molecule has 1 atom stereocenters. The molecule has 1 saturated heterocycles. The van der Waals surface area contributed by atoms with E-state index < -0.39 is 10.8 Å². The number of hydrogen-bond donors (Lipinski definition) is 0. The van der Waals surface area contributed by atoms with E-state index in [0.29, 0.717) is 34.5 Å². The Labute approximate surface area is 190 Å². The van der Waals surface area contributed by atoms with Gasteiger partial charge < -0.3 is 14.2 Å². The van der Waals surface area contributed by atoms with Gasteiger partial charge in [0.05, 0.1) is 16.6 Å². The van der Waals surface area contributed by atoms with Crippen molar-refractivity contribution in [3.8, 4) is 0 Å². The van der Waals surface area contributed by atoms with E-state index in [4.69, 9.17) is 16.0 Å². The molecule has 3 aromatic rings. The second-order valence-electron chi connectivity index (χ2n) is 7.71. The predicted molar refractivity (Wildman–Crippen MR) is 124 cm³/mol. The summed E-state index contributed by atoms with van der Waals surface area (Å²) >= 11 is 5.98. The molecule has 0 saturated carbocycles. The van der Waals surface area contributed by atoms with Gasteiger partial charge in [0.2, 0.25) is 0 Å². The van der Waals surface area contributed by atoms with E-state index >= 15 is 0 Å². The van der Waals surface area contributed by atoms with Gasteiger partial charge >= 0.3 is 0 Å². The number of nitrogens with zero attached hydrogens (tertiary/aromatic N) is 2. The first-order chi connectivity index (χ1) is 14.9. The lowest BCUT2D eigenvalue weighted by Gasteiger charge is -2.36. The van der Waals surface area contributed by atoms with Crippen LogP contribution in [0.3, 0.4) is 0 Å². The first kappa shape index (κ1) is 21.7. The molecule has 1 aromatic heterocycles. The second kappa shape index (κ2) is 9.28. The summed E-state index contributed by atoms with van der Waals surface area (Å²) in [6.45, 7) is 7.09. The van der Waals surface area contributed by atoms with Crippen LogP contribution in [0, 0.1) is 13.8 Å². The van der Waals surface area contributed by atoms with Crippen molar-refractivity contribution < 1.29 is 13.4 Å². The lowest BCUT2D eigenvalue weighted by molar-refractivity contribution is 0.0713. The number of aryl methyl sites for hydroxylation is 1. The summed E-state index contributed by atoms with van der Waals surface area (Å²) in [5, 5.41) is 0.543. The van der Waals surface area contributed by atoms with Gasteiger partial charge in [0.15, 0.2) is 5.76 Å². The van der Waals surface area contributed by atoms with Gasteiger partial charge in [-0.1, -0.05) is 29.8 Å². The van der Waals surface area contributed by atoms with Gasteiger partial charge in [0.25, 0.3) is 5.91 Å². The molecule has 1 fully saturated rings. The van der Waals surface area contributed by atoms with Crippen LogP contribution in [0.1, 0.15) is 27.4 Å². The molecule has 1 aliphatic rings. The third-order valence-electron chi connectivity index (χ3n) is 5.69. The number of benzene rings is 2. The fourth-order valence-corrected chi connectivity index (χ4v) is 5.10. The minimum absolute atomic E-state index is 0.125. The molecule has 162 valence electrons. The van der Waals surface area contributed by atoms with Crippen molar-refractivity contribution in [1.29, 1.82) is 0 Å². The number of anilines is 1. The number of amides is 1. The Morgan fingerprint density at radius 2 is 1.77 bits per heavy atom. The summed E-state index contributed by atoms with van der Waals surface area (Å²) in [7, 11) is -1.29. The SMILES string of the molecule is Cc1cccc(N2CCN(C(=O)c3ccc(C[S@](=O)c4cccc(Cl)c4)o3)CC2)c1C. The zero-order valence-electron chi connectivity index (χ0n) is 17.6. The maximum Gasteiger partial charge on any atom is 0.289 e. The second-order valence-corrected chi connectivity index (χ2v) is 9.60. The van der Waals surface area contributed by atoms with E-state index in [1.54, 1.807) is 36.4 Å². The Hall–Kier alpha value is -2.57. The normalized spacial score (nSPS) is 15.2. The van der Waals surface area contributed by atoms with Gasteiger partial charge in [0, 0.05) is 41.8 Å². The Bertz CT molecular complexity index is 1120. The van der Waals surface area contributed by atoms with Gasteiger partial charge in [-0.15, -0.1) is 0 Å². The number of carbonyl (C=O) groups excluding carboxylic acids is 1. The van der Waals surface area contributed by atoms with Crippen molar-refractivity contribution in [2.45, 2.75) is 24.5 Å². The van der Waals surface area contributed by atoms with Crippen LogP contribution in [0.25, 0.3) is 0 Å². The molecule has 2 aromatic carbocycles. The quantitative estimate of drug-likeness (QED) is 0.552. The largest absolute Gasteiger partial charge is 0.455 e. The van der Waals surface area contributed by atoms with Gasteiger partial charge in [-0.3, -0.25) is 9.00 Å². The molecule has 1 amide bonds. The van der Waals surface area contributed by atoms with Crippen molar-refractivity contribution in [3.05, 3.63) is 82.3 Å². The highest BCUT2D eigenvalue weighted by Crippen LogP contribution is 2.25. The number of halogens is 1. The molecule has 0 unspecified atom stereocenters. The van der Waals surface area contributed by atoms with Crippen molar-refractivity contribution in [3.63, 3.8) is 0 Å². The van der Waals surface area contributed by atoms with Gasteiger partial charge in [0.1, 0.15) is 5.76 Å². The maximum absolute atomic E-state index is 12.9. The molecule has 2 heterocycles. The zero-order valence-corrected chi connectivity index (χ0v) is 19.2. The highest BCUT2D eigenvalue weighted by molar-refractivity contribution is 7.84. The first-order valence-corrected chi connectivity index (χ1v) is 11.9. The lowest BCUT2D eigenvalue weighted by Crippen LogP contribution is -2.49. The Balaban J connectivity index is 1.37. The number of piperazine rings is 1. The summed E-state index contributed by atoms with van der Waals surface area (Å²) in [4.78, 5) is 17.7. The van der Waals surface area contributed by atoms with Crippen LogP contribution in [0.4, 0.5) is 5.69 Å². The van der Waals surface area contributed by atoms with Crippen molar-refractivity contribution in [2.24, 2.45) is 0 Å². The Morgan fingerprint density at radius 1 is 1.03 bits per heavy atom. The van der Waals surface area contributed by atoms with E-state index in [0.717, 1.165) is 13.1 Å². The highest BCUT2D eigenvalue weighted by atomic mass is 35.5. The third kappa shape index (κ3) is 4.86. The van der Waals surface area contributed by atoms with Crippen LogP contribution in [0.15, 0.2) is 63.9 Å². The van der Waals surface area contributed by atoms with E-state index in [-0.39, 0.29) is 11.7 Å². The summed E-state index contributed by atoms with van der Waals surface area (Å²) in [5.74, 6) is 0.892. The summed E-state index contributed by atoms with van der Waals surface area (Å²) in [5.41, 5.74) is 3.79. The van der Waals surface area contributed by atoms with E-state index in [2.05, 4.69) is 36.9 Å². The smallest absolute Gasteiger partial charge is 0.289 e. The van der Waals surface area contributed by atoms with Gasteiger partial charge in [-0.25, -0.2) is 0 Å². The molecular formula is C24H25ClN2O3S. The highest BCUT2D eigenvalue weighted by Gasteiger charge is 2.25. The fourth-order valence-electron chi connectivity index (χ4n) is 3.78. The molecule has 5 nitrogen and oxygen atoms in total. The molecule has 4 rings (SSSR count). The average Bonchev–Trinajstić information content (AvgIpc) is 3.24. The van der Waals surface area contributed by atoms with Crippen LogP contribution < -0.4 is 4.90 Å². The Morgan fingerprint density at radius 3 is 2.52 bits per heavy atom. The number of carbonyl (C=O) groups is 1. The van der Waals surface area contributed by atoms with Crippen LogP contribution in [0.5, 0.6) is 0 Å². The van der Waals surface area contributed by atoms with Crippen molar-refractivity contribution in [2.75, 3.05) is 31.1 Å². The first-order valence-electron chi connectivity index (χ1n) is 10.3. The molecule has 0 aliphatic carbocycles. The molecule has 0 N–H and O–H groups in total. The monoisotopic (exact) mass is 456 g/mol. The zero-order chi connectivity index (χ0) is 22.0. The van der Waals surface area contributed by atoms with Crippen LogP contribution in [0.2, 0.25) is 5.02 Å². The van der Waals surface area contributed by atoms with Gasteiger partial charge in [-0.05, 0) is 61.4 Å². The third-order valence-corrected chi connectivity index (χ3v) is 7.25. The molecular weight excluding hydrogens is 432 g/mol.